The molecular weight excluding hydrogens is 242 g/mol. The molecule has 0 N–H and O–H groups in total. The number of nitrogens with zero attached hydrogens (tertiary/aromatic N) is 1. The average Bonchev–Trinajstić information content (AvgIpc) is 2.61. The van der Waals surface area contributed by atoms with Crippen LogP contribution in [0.4, 0.5) is 0 Å². The maximum atomic E-state index is 11.7. The molecule has 19 heavy (non-hydrogen) atoms. The SMILES string of the molecule is O=C1CCCCC(C(C[N+](=O)[O-])c2ccccc2)C1. The standard InChI is InChI=1S/C15H19NO3/c17-14-9-5-4-8-13(10-14)15(11-16(18)19)12-6-2-1-3-7-12/h1-3,6-7,13,15H,4-5,8-11H2. The summed E-state index contributed by atoms with van der Waals surface area (Å²) in [7, 11) is 0. The highest BCUT2D eigenvalue weighted by Gasteiger charge is 2.30. The van der Waals surface area contributed by atoms with Crippen molar-refractivity contribution < 1.29 is 9.72 Å². The molecule has 1 aliphatic carbocycles. The molecule has 1 saturated carbocycles. The predicted molar refractivity (Wildman–Crippen MR) is 72.6 cm³/mol. The third-order valence-electron chi connectivity index (χ3n) is 3.91. The van der Waals surface area contributed by atoms with Crippen molar-refractivity contribution in [3.8, 4) is 0 Å². The molecule has 0 aliphatic heterocycles. The number of Topliss-reactive ketones (excluding diaryl/α,β-unsaturated/α-hetero) is 1. The van der Waals surface area contributed by atoms with Gasteiger partial charge in [-0.05, 0) is 24.3 Å². The molecule has 0 bridgehead atoms. The molecule has 0 spiro atoms. The van der Waals surface area contributed by atoms with Crippen LogP contribution in [0.5, 0.6) is 0 Å². The van der Waals surface area contributed by atoms with E-state index >= 15 is 0 Å². The molecule has 1 fully saturated rings. The van der Waals surface area contributed by atoms with E-state index < -0.39 is 0 Å². The van der Waals surface area contributed by atoms with Crippen LogP contribution >= 0.6 is 0 Å². The first-order chi connectivity index (χ1) is 9.16. The van der Waals surface area contributed by atoms with E-state index in [9.17, 15) is 14.9 Å². The number of carbonyl (C=O) groups excluding carboxylic acids is 1. The van der Waals surface area contributed by atoms with Crippen molar-refractivity contribution in [3.63, 3.8) is 0 Å². The van der Waals surface area contributed by atoms with E-state index in [-0.39, 0.29) is 29.1 Å². The summed E-state index contributed by atoms with van der Waals surface area (Å²) in [6.45, 7) is -0.0814. The van der Waals surface area contributed by atoms with Crippen LogP contribution in [-0.2, 0) is 4.79 Å². The Labute approximate surface area is 113 Å². The van der Waals surface area contributed by atoms with Gasteiger partial charge >= 0.3 is 0 Å². The van der Waals surface area contributed by atoms with Gasteiger partial charge in [0.25, 0.3) is 0 Å². The first-order valence-corrected chi connectivity index (χ1v) is 6.85. The molecule has 0 amide bonds. The van der Waals surface area contributed by atoms with E-state index in [0.717, 1.165) is 24.8 Å². The highest BCUT2D eigenvalue weighted by Crippen LogP contribution is 2.34. The predicted octanol–water partition coefficient (Wildman–Crippen LogP) is 3.20. The number of hydrogen-bond acceptors (Lipinski definition) is 3. The number of benzene rings is 1. The van der Waals surface area contributed by atoms with Crippen LogP contribution in [0.1, 0.15) is 43.6 Å². The molecule has 2 unspecified atom stereocenters. The number of rotatable bonds is 4. The Morgan fingerprint density at radius 1 is 1.26 bits per heavy atom. The van der Waals surface area contributed by atoms with Crippen molar-refractivity contribution in [1.82, 2.24) is 0 Å². The van der Waals surface area contributed by atoms with Crippen molar-refractivity contribution in [3.05, 3.63) is 46.0 Å². The number of hydrogen-bond donors (Lipinski definition) is 0. The van der Waals surface area contributed by atoms with Gasteiger partial charge in [0.05, 0.1) is 5.92 Å². The number of carbonyl (C=O) groups is 1. The second-order valence-electron chi connectivity index (χ2n) is 5.28. The molecule has 4 nitrogen and oxygen atoms in total. The van der Waals surface area contributed by atoms with Gasteiger partial charge in [0.1, 0.15) is 5.78 Å². The van der Waals surface area contributed by atoms with Gasteiger partial charge in [-0.2, -0.15) is 0 Å². The Morgan fingerprint density at radius 3 is 2.68 bits per heavy atom. The van der Waals surface area contributed by atoms with Gasteiger partial charge in [-0.25, -0.2) is 0 Å². The zero-order valence-electron chi connectivity index (χ0n) is 11.0. The molecular formula is C15H19NO3. The molecule has 4 heteroatoms. The van der Waals surface area contributed by atoms with Crippen molar-refractivity contribution in [1.29, 1.82) is 0 Å². The second-order valence-corrected chi connectivity index (χ2v) is 5.28. The Hall–Kier alpha value is -1.71. The highest BCUT2D eigenvalue weighted by molar-refractivity contribution is 5.78. The third-order valence-corrected chi connectivity index (χ3v) is 3.91. The molecule has 1 aliphatic rings. The summed E-state index contributed by atoms with van der Waals surface area (Å²) in [5.41, 5.74) is 0.985. The maximum absolute atomic E-state index is 11.7. The molecule has 0 radical (unpaired) electrons. The van der Waals surface area contributed by atoms with Crippen molar-refractivity contribution in [2.24, 2.45) is 5.92 Å². The van der Waals surface area contributed by atoms with Gasteiger partial charge in [-0.3, -0.25) is 14.9 Å². The fourth-order valence-corrected chi connectivity index (χ4v) is 2.96. The zero-order chi connectivity index (χ0) is 13.7. The fraction of sp³-hybridized carbons (Fsp3) is 0.533. The van der Waals surface area contributed by atoms with Gasteiger partial charge < -0.3 is 0 Å². The van der Waals surface area contributed by atoms with Crippen LogP contribution in [-0.4, -0.2) is 17.3 Å². The van der Waals surface area contributed by atoms with Crippen LogP contribution in [0.2, 0.25) is 0 Å². The third kappa shape index (κ3) is 3.88. The first kappa shape index (κ1) is 13.7. The van der Waals surface area contributed by atoms with Crippen LogP contribution in [0.15, 0.2) is 30.3 Å². The van der Waals surface area contributed by atoms with Crippen molar-refractivity contribution in [2.75, 3.05) is 6.54 Å². The lowest BCUT2D eigenvalue weighted by molar-refractivity contribution is -0.485. The highest BCUT2D eigenvalue weighted by atomic mass is 16.6. The fourth-order valence-electron chi connectivity index (χ4n) is 2.96. The van der Waals surface area contributed by atoms with Gasteiger partial charge in [-0.15, -0.1) is 0 Å². The Morgan fingerprint density at radius 2 is 2.00 bits per heavy atom. The van der Waals surface area contributed by atoms with E-state index in [1.807, 2.05) is 30.3 Å². The molecule has 102 valence electrons. The first-order valence-electron chi connectivity index (χ1n) is 6.85. The molecule has 0 saturated heterocycles. The molecule has 0 aromatic heterocycles. The number of ketones is 1. The molecule has 2 rings (SSSR count). The van der Waals surface area contributed by atoms with Gasteiger partial charge in [0.15, 0.2) is 0 Å². The minimum Gasteiger partial charge on any atom is -0.300 e. The normalized spacial score (nSPS) is 21.7. The van der Waals surface area contributed by atoms with Crippen molar-refractivity contribution >= 4 is 5.78 Å². The monoisotopic (exact) mass is 261 g/mol. The Balaban J connectivity index is 2.21. The minimum atomic E-state index is -0.257. The van der Waals surface area contributed by atoms with E-state index in [2.05, 4.69) is 0 Å². The Bertz CT molecular complexity index is 444. The van der Waals surface area contributed by atoms with E-state index in [1.54, 1.807) is 0 Å². The van der Waals surface area contributed by atoms with Crippen molar-refractivity contribution in [2.45, 2.75) is 38.0 Å². The molecule has 0 heterocycles. The molecule has 2 atom stereocenters. The average molecular weight is 261 g/mol. The summed E-state index contributed by atoms with van der Waals surface area (Å²) in [5.74, 6) is 0.229. The zero-order valence-corrected chi connectivity index (χ0v) is 11.0. The van der Waals surface area contributed by atoms with Crippen LogP contribution in [0.3, 0.4) is 0 Å². The summed E-state index contributed by atoms with van der Waals surface area (Å²) >= 11 is 0. The lowest BCUT2D eigenvalue weighted by Crippen LogP contribution is -2.22. The van der Waals surface area contributed by atoms with Crippen LogP contribution in [0.25, 0.3) is 0 Å². The number of nitro groups is 1. The smallest absolute Gasteiger partial charge is 0.210 e. The lowest BCUT2D eigenvalue weighted by Gasteiger charge is -2.22. The topological polar surface area (TPSA) is 60.2 Å². The van der Waals surface area contributed by atoms with Crippen LogP contribution in [0, 0.1) is 16.0 Å². The molecule has 1 aromatic carbocycles. The van der Waals surface area contributed by atoms with E-state index in [1.165, 1.54) is 0 Å². The Kier molecular flexibility index (Phi) is 4.66. The molecule has 1 aromatic rings. The minimum absolute atomic E-state index is 0.0814. The van der Waals surface area contributed by atoms with Gasteiger partial charge in [0.2, 0.25) is 6.54 Å². The largest absolute Gasteiger partial charge is 0.300 e. The summed E-state index contributed by atoms with van der Waals surface area (Å²) in [4.78, 5) is 22.4. The van der Waals surface area contributed by atoms with E-state index in [0.29, 0.717) is 12.8 Å². The second kappa shape index (κ2) is 6.45. The summed E-state index contributed by atoms with van der Waals surface area (Å²) in [5, 5.41) is 10.9. The summed E-state index contributed by atoms with van der Waals surface area (Å²) in [6.07, 6.45) is 3.97. The van der Waals surface area contributed by atoms with Gasteiger partial charge in [-0.1, -0.05) is 36.8 Å². The maximum Gasteiger partial charge on any atom is 0.210 e. The lowest BCUT2D eigenvalue weighted by atomic mass is 9.81. The summed E-state index contributed by atoms with van der Waals surface area (Å²) < 4.78 is 0. The quantitative estimate of drug-likeness (QED) is 0.475. The van der Waals surface area contributed by atoms with E-state index in [4.69, 9.17) is 0 Å². The van der Waals surface area contributed by atoms with Crippen LogP contribution < -0.4 is 0 Å². The summed E-state index contributed by atoms with van der Waals surface area (Å²) in [6, 6.07) is 9.58. The van der Waals surface area contributed by atoms with Gasteiger partial charge in [0, 0.05) is 17.8 Å².